The molecule has 0 saturated heterocycles. The van der Waals surface area contributed by atoms with E-state index < -0.39 is 0 Å². The Balaban J connectivity index is 1.42. The van der Waals surface area contributed by atoms with Gasteiger partial charge in [0.2, 0.25) is 0 Å². The third-order valence-electron chi connectivity index (χ3n) is 4.61. The fourth-order valence-electron chi connectivity index (χ4n) is 3.23. The SMILES string of the molecule is c1ccc(COc2ccc(-c3n[nH]c(C4CCCC4)n3)cc2)cc1. The van der Waals surface area contributed by atoms with Crippen LogP contribution in [0.25, 0.3) is 11.4 Å². The van der Waals surface area contributed by atoms with E-state index in [0.29, 0.717) is 12.5 Å². The number of hydrogen-bond acceptors (Lipinski definition) is 3. The van der Waals surface area contributed by atoms with Crippen LogP contribution in [-0.4, -0.2) is 15.2 Å². The first-order valence-corrected chi connectivity index (χ1v) is 8.58. The lowest BCUT2D eigenvalue weighted by atomic mass is 10.1. The van der Waals surface area contributed by atoms with E-state index in [0.717, 1.165) is 28.5 Å². The van der Waals surface area contributed by atoms with Crippen molar-refractivity contribution in [2.45, 2.75) is 38.2 Å². The van der Waals surface area contributed by atoms with Crippen molar-refractivity contribution in [2.24, 2.45) is 0 Å². The lowest BCUT2D eigenvalue weighted by molar-refractivity contribution is 0.306. The van der Waals surface area contributed by atoms with E-state index in [1.54, 1.807) is 0 Å². The smallest absolute Gasteiger partial charge is 0.181 e. The zero-order valence-corrected chi connectivity index (χ0v) is 13.6. The van der Waals surface area contributed by atoms with Crippen molar-refractivity contribution in [1.82, 2.24) is 15.2 Å². The van der Waals surface area contributed by atoms with E-state index in [1.165, 1.54) is 25.7 Å². The minimum atomic E-state index is 0.555. The van der Waals surface area contributed by atoms with Gasteiger partial charge in [-0.3, -0.25) is 5.10 Å². The number of hydrogen-bond donors (Lipinski definition) is 1. The van der Waals surface area contributed by atoms with Gasteiger partial charge in [0.1, 0.15) is 18.2 Å². The van der Waals surface area contributed by atoms with Crippen molar-refractivity contribution >= 4 is 0 Å². The van der Waals surface area contributed by atoms with Crippen molar-refractivity contribution in [3.63, 3.8) is 0 Å². The topological polar surface area (TPSA) is 50.8 Å². The zero-order valence-electron chi connectivity index (χ0n) is 13.6. The molecule has 0 atom stereocenters. The number of benzene rings is 2. The van der Waals surface area contributed by atoms with E-state index in [-0.39, 0.29) is 0 Å². The van der Waals surface area contributed by atoms with Crippen molar-refractivity contribution in [3.05, 3.63) is 66.0 Å². The van der Waals surface area contributed by atoms with E-state index in [9.17, 15) is 0 Å². The van der Waals surface area contributed by atoms with Gasteiger partial charge in [-0.05, 0) is 42.7 Å². The fourth-order valence-corrected chi connectivity index (χ4v) is 3.23. The Labute approximate surface area is 141 Å². The van der Waals surface area contributed by atoms with E-state index in [1.807, 2.05) is 42.5 Å². The maximum atomic E-state index is 5.82. The molecule has 0 spiro atoms. The zero-order chi connectivity index (χ0) is 16.2. The summed E-state index contributed by atoms with van der Waals surface area (Å²) in [7, 11) is 0. The summed E-state index contributed by atoms with van der Waals surface area (Å²) >= 11 is 0. The number of rotatable bonds is 5. The number of nitrogens with zero attached hydrogens (tertiary/aromatic N) is 2. The van der Waals surface area contributed by atoms with Crippen molar-refractivity contribution in [3.8, 4) is 17.1 Å². The molecule has 4 heteroatoms. The molecule has 0 aliphatic heterocycles. The van der Waals surface area contributed by atoms with E-state index in [4.69, 9.17) is 4.74 Å². The highest BCUT2D eigenvalue weighted by Gasteiger charge is 2.20. The van der Waals surface area contributed by atoms with Gasteiger partial charge in [-0.2, -0.15) is 5.10 Å². The lowest BCUT2D eigenvalue weighted by Gasteiger charge is -2.06. The average molecular weight is 319 g/mol. The first-order valence-electron chi connectivity index (χ1n) is 8.58. The maximum absolute atomic E-state index is 5.82. The number of aromatic nitrogens is 3. The van der Waals surface area contributed by atoms with Crippen LogP contribution in [0.2, 0.25) is 0 Å². The molecule has 1 aromatic heterocycles. The molecule has 0 radical (unpaired) electrons. The lowest BCUT2D eigenvalue weighted by Crippen LogP contribution is -1.95. The molecule has 1 N–H and O–H groups in total. The van der Waals surface area contributed by atoms with Crippen LogP contribution >= 0.6 is 0 Å². The molecule has 0 unspecified atom stereocenters. The van der Waals surface area contributed by atoms with Crippen LogP contribution in [0.3, 0.4) is 0 Å². The Morgan fingerprint density at radius 1 is 0.958 bits per heavy atom. The summed E-state index contributed by atoms with van der Waals surface area (Å²) in [5.74, 6) is 3.22. The van der Waals surface area contributed by atoms with Gasteiger partial charge in [-0.1, -0.05) is 43.2 Å². The molecule has 1 aliphatic rings. The first kappa shape index (κ1) is 14.9. The van der Waals surface area contributed by atoms with Gasteiger partial charge in [0.25, 0.3) is 0 Å². The Morgan fingerprint density at radius 3 is 2.46 bits per heavy atom. The van der Waals surface area contributed by atoms with Crippen molar-refractivity contribution in [2.75, 3.05) is 0 Å². The van der Waals surface area contributed by atoms with Crippen LogP contribution in [0.15, 0.2) is 54.6 Å². The summed E-state index contributed by atoms with van der Waals surface area (Å²) in [5.41, 5.74) is 2.18. The van der Waals surface area contributed by atoms with Crippen LogP contribution in [0.4, 0.5) is 0 Å². The normalized spacial score (nSPS) is 14.8. The summed E-state index contributed by atoms with van der Waals surface area (Å²) in [6.07, 6.45) is 5.05. The maximum Gasteiger partial charge on any atom is 0.181 e. The molecule has 0 amide bonds. The third-order valence-corrected chi connectivity index (χ3v) is 4.61. The number of ether oxygens (including phenoxy) is 1. The Morgan fingerprint density at radius 2 is 1.71 bits per heavy atom. The van der Waals surface area contributed by atoms with Crippen LogP contribution in [0, 0.1) is 0 Å². The fraction of sp³-hybridized carbons (Fsp3) is 0.300. The van der Waals surface area contributed by atoms with Crippen LogP contribution in [0.5, 0.6) is 5.75 Å². The molecule has 0 bridgehead atoms. The van der Waals surface area contributed by atoms with Gasteiger partial charge in [0, 0.05) is 11.5 Å². The van der Waals surface area contributed by atoms with Crippen LogP contribution < -0.4 is 4.74 Å². The molecular formula is C20H21N3O. The molecule has 122 valence electrons. The highest BCUT2D eigenvalue weighted by Crippen LogP contribution is 2.32. The second-order valence-corrected chi connectivity index (χ2v) is 6.32. The Hall–Kier alpha value is -2.62. The predicted octanol–water partition coefficient (Wildman–Crippen LogP) is 4.71. The number of H-pyrrole nitrogens is 1. The minimum Gasteiger partial charge on any atom is -0.489 e. The largest absolute Gasteiger partial charge is 0.489 e. The van der Waals surface area contributed by atoms with Gasteiger partial charge >= 0.3 is 0 Å². The molecule has 1 aliphatic carbocycles. The van der Waals surface area contributed by atoms with Gasteiger partial charge in [0.05, 0.1) is 0 Å². The molecular weight excluding hydrogens is 298 g/mol. The van der Waals surface area contributed by atoms with Gasteiger partial charge in [-0.25, -0.2) is 4.98 Å². The molecule has 3 aromatic rings. The highest BCUT2D eigenvalue weighted by atomic mass is 16.5. The number of aromatic amines is 1. The average Bonchev–Trinajstić information content (AvgIpc) is 3.33. The highest BCUT2D eigenvalue weighted by molar-refractivity contribution is 5.55. The van der Waals surface area contributed by atoms with E-state index in [2.05, 4.69) is 27.3 Å². The second-order valence-electron chi connectivity index (χ2n) is 6.32. The van der Waals surface area contributed by atoms with Crippen LogP contribution in [-0.2, 0) is 6.61 Å². The van der Waals surface area contributed by atoms with Crippen molar-refractivity contribution < 1.29 is 4.74 Å². The van der Waals surface area contributed by atoms with Gasteiger partial charge in [-0.15, -0.1) is 0 Å². The van der Waals surface area contributed by atoms with E-state index >= 15 is 0 Å². The predicted molar refractivity (Wildman–Crippen MR) is 93.8 cm³/mol. The van der Waals surface area contributed by atoms with Gasteiger partial charge < -0.3 is 4.74 Å². The molecule has 24 heavy (non-hydrogen) atoms. The molecule has 1 fully saturated rings. The van der Waals surface area contributed by atoms with Crippen LogP contribution in [0.1, 0.15) is 43.0 Å². The molecule has 4 rings (SSSR count). The first-order chi connectivity index (χ1) is 11.9. The summed E-state index contributed by atoms with van der Waals surface area (Å²) in [4.78, 5) is 4.68. The number of nitrogens with one attached hydrogen (secondary N) is 1. The summed E-state index contributed by atoms with van der Waals surface area (Å²) < 4.78 is 5.82. The monoisotopic (exact) mass is 319 g/mol. The Bertz CT molecular complexity index is 774. The Kier molecular flexibility index (Phi) is 4.28. The van der Waals surface area contributed by atoms with Gasteiger partial charge in [0.15, 0.2) is 5.82 Å². The standard InChI is InChI=1S/C20H21N3O/c1-2-6-15(7-3-1)14-24-18-12-10-17(11-13-18)20-21-19(22-23-20)16-8-4-5-9-16/h1-3,6-7,10-13,16H,4-5,8-9,14H2,(H,21,22,23). The molecule has 2 aromatic carbocycles. The quantitative estimate of drug-likeness (QED) is 0.741. The molecule has 4 nitrogen and oxygen atoms in total. The molecule has 1 heterocycles. The summed E-state index contributed by atoms with van der Waals surface area (Å²) in [6, 6.07) is 18.2. The third kappa shape index (κ3) is 3.32. The second kappa shape index (κ2) is 6.87. The summed E-state index contributed by atoms with van der Waals surface area (Å²) in [6.45, 7) is 0.576. The van der Waals surface area contributed by atoms with Crippen molar-refractivity contribution in [1.29, 1.82) is 0 Å². The molecule has 1 saturated carbocycles. The summed E-state index contributed by atoms with van der Waals surface area (Å²) in [5, 5.41) is 7.49. The minimum absolute atomic E-state index is 0.555.